The van der Waals surface area contributed by atoms with Crippen LogP contribution in [0.5, 0.6) is 0 Å². The lowest BCUT2D eigenvalue weighted by molar-refractivity contribution is -0.154. The smallest absolute Gasteiger partial charge is 0.325 e. The molecule has 0 aromatic heterocycles. The maximum absolute atomic E-state index is 12.1. The standard InChI is InChI=1S/C20H32N2O6/c1-13(23)14-5-7-15(8-6-14)19(27)22-11-16(24)9-10-17(25)21-12-18(26)28-20(2,3)4/h14-15H,5-12H2,1-4H3,(H,21,25)(H,22,27). The summed E-state index contributed by atoms with van der Waals surface area (Å²) in [5, 5.41) is 5.03. The number of esters is 1. The zero-order chi connectivity index (χ0) is 21.3. The van der Waals surface area contributed by atoms with Gasteiger partial charge in [-0.3, -0.25) is 24.0 Å². The second-order valence-corrected chi connectivity index (χ2v) is 8.28. The van der Waals surface area contributed by atoms with Crippen molar-refractivity contribution >= 4 is 29.4 Å². The van der Waals surface area contributed by atoms with E-state index < -0.39 is 17.5 Å². The second kappa shape index (κ2) is 10.9. The minimum absolute atomic E-state index is 0.0164. The molecule has 0 saturated heterocycles. The van der Waals surface area contributed by atoms with Crippen molar-refractivity contribution < 1.29 is 28.7 Å². The number of carbonyl (C=O) groups excluding carboxylic acids is 5. The Labute approximate surface area is 166 Å². The van der Waals surface area contributed by atoms with Crippen LogP contribution in [0.25, 0.3) is 0 Å². The molecule has 0 aromatic rings. The number of carbonyl (C=O) groups is 5. The summed E-state index contributed by atoms with van der Waals surface area (Å²) in [6.07, 6.45) is 2.64. The van der Waals surface area contributed by atoms with E-state index in [1.807, 2.05) is 0 Å². The minimum Gasteiger partial charge on any atom is -0.459 e. The molecule has 8 nitrogen and oxygen atoms in total. The third-order valence-electron chi connectivity index (χ3n) is 4.61. The molecule has 1 aliphatic rings. The molecule has 0 aromatic carbocycles. The van der Waals surface area contributed by atoms with Gasteiger partial charge >= 0.3 is 5.97 Å². The first-order valence-electron chi connectivity index (χ1n) is 9.76. The van der Waals surface area contributed by atoms with Crippen LogP contribution in [0.2, 0.25) is 0 Å². The zero-order valence-electron chi connectivity index (χ0n) is 17.3. The van der Waals surface area contributed by atoms with E-state index in [9.17, 15) is 24.0 Å². The van der Waals surface area contributed by atoms with Crippen molar-refractivity contribution in [3.63, 3.8) is 0 Å². The highest BCUT2D eigenvalue weighted by atomic mass is 16.6. The van der Waals surface area contributed by atoms with Crippen LogP contribution in [0.1, 0.15) is 66.2 Å². The van der Waals surface area contributed by atoms with Crippen LogP contribution in [0.3, 0.4) is 0 Å². The Balaban J connectivity index is 2.19. The van der Waals surface area contributed by atoms with Crippen molar-refractivity contribution in [2.24, 2.45) is 11.8 Å². The van der Waals surface area contributed by atoms with Gasteiger partial charge in [-0.1, -0.05) is 0 Å². The largest absolute Gasteiger partial charge is 0.459 e. The fraction of sp³-hybridized carbons (Fsp3) is 0.750. The van der Waals surface area contributed by atoms with Crippen molar-refractivity contribution in [2.75, 3.05) is 13.1 Å². The number of hydrogen-bond acceptors (Lipinski definition) is 6. The Morgan fingerprint density at radius 2 is 1.43 bits per heavy atom. The lowest BCUT2D eigenvalue weighted by atomic mass is 9.80. The fourth-order valence-corrected chi connectivity index (χ4v) is 3.07. The average molecular weight is 396 g/mol. The normalized spacial score (nSPS) is 19.4. The molecule has 2 amide bonds. The number of ether oxygens (including phenoxy) is 1. The molecule has 158 valence electrons. The zero-order valence-corrected chi connectivity index (χ0v) is 17.3. The van der Waals surface area contributed by atoms with Crippen LogP contribution in [0.4, 0.5) is 0 Å². The van der Waals surface area contributed by atoms with Gasteiger partial charge in [0.25, 0.3) is 0 Å². The summed E-state index contributed by atoms with van der Waals surface area (Å²) in [4.78, 5) is 58.6. The molecule has 8 heteroatoms. The van der Waals surface area contributed by atoms with E-state index in [0.29, 0.717) is 25.7 Å². The van der Waals surface area contributed by atoms with Crippen LogP contribution in [-0.4, -0.2) is 48.0 Å². The molecule has 0 spiro atoms. The van der Waals surface area contributed by atoms with E-state index in [1.165, 1.54) is 0 Å². The number of Topliss-reactive ketones (excluding diaryl/α,β-unsaturated/α-hetero) is 2. The highest BCUT2D eigenvalue weighted by Crippen LogP contribution is 2.29. The molecule has 0 aliphatic heterocycles. The van der Waals surface area contributed by atoms with Crippen LogP contribution in [0.15, 0.2) is 0 Å². The van der Waals surface area contributed by atoms with Crippen molar-refractivity contribution in [1.29, 1.82) is 0 Å². The van der Waals surface area contributed by atoms with E-state index in [1.54, 1.807) is 27.7 Å². The Morgan fingerprint density at radius 3 is 1.96 bits per heavy atom. The van der Waals surface area contributed by atoms with Gasteiger partial charge in [-0.25, -0.2) is 0 Å². The molecule has 2 N–H and O–H groups in total. The number of nitrogens with one attached hydrogen (secondary N) is 2. The van der Waals surface area contributed by atoms with Crippen molar-refractivity contribution in [3.05, 3.63) is 0 Å². The molecular formula is C20H32N2O6. The molecule has 0 bridgehead atoms. The van der Waals surface area contributed by atoms with Gasteiger partial charge < -0.3 is 15.4 Å². The summed E-state index contributed by atoms with van der Waals surface area (Å²) in [7, 11) is 0. The first-order chi connectivity index (χ1) is 13.0. The monoisotopic (exact) mass is 396 g/mol. The second-order valence-electron chi connectivity index (χ2n) is 8.28. The van der Waals surface area contributed by atoms with E-state index in [0.717, 1.165) is 0 Å². The van der Waals surface area contributed by atoms with Gasteiger partial charge in [0.05, 0.1) is 6.54 Å². The average Bonchev–Trinajstić information content (AvgIpc) is 2.61. The molecule has 1 aliphatic carbocycles. The third-order valence-corrected chi connectivity index (χ3v) is 4.61. The highest BCUT2D eigenvalue weighted by Gasteiger charge is 2.28. The Bertz CT molecular complexity index is 600. The predicted octanol–water partition coefficient (Wildman–Crippen LogP) is 1.31. The van der Waals surface area contributed by atoms with Crippen molar-refractivity contribution in [3.8, 4) is 0 Å². The SMILES string of the molecule is CC(=O)C1CCC(C(=O)NCC(=O)CCC(=O)NCC(=O)OC(C)(C)C)CC1. The van der Waals surface area contributed by atoms with E-state index >= 15 is 0 Å². The van der Waals surface area contributed by atoms with Crippen molar-refractivity contribution in [1.82, 2.24) is 10.6 Å². The minimum atomic E-state index is -0.624. The van der Waals surface area contributed by atoms with Crippen LogP contribution >= 0.6 is 0 Å². The summed E-state index contributed by atoms with van der Waals surface area (Å²) in [5.74, 6) is -1.35. The van der Waals surface area contributed by atoms with Crippen molar-refractivity contribution in [2.45, 2.75) is 71.8 Å². The molecule has 1 saturated carbocycles. The quantitative estimate of drug-likeness (QED) is 0.567. The predicted molar refractivity (Wildman–Crippen MR) is 102 cm³/mol. The van der Waals surface area contributed by atoms with Gasteiger partial charge in [0, 0.05) is 24.7 Å². The molecule has 1 fully saturated rings. The Morgan fingerprint density at radius 1 is 0.857 bits per heavy atom. The summed E-state index contributed by atoms with van der Waals surface area (Å²) >= 11 is 0. The Kier molecular flexibility index (Phi) is 9.28. The topological polar surface area (TPSA) is 119 Å². The first-order valence-corrected chi connectivity index (χ1v) is 9.76. The van der Waals surface area contributed by atoms with Crippen LogP contribution in [-0.2, 0) is 28.7 Å². The number of amides is 2. The van der Waals surface area contributed by atoms with E-state index in [2.05, 4.69) is 10.6 Å². The van der Waals surface area contributed by atoms with Gasteiger partial charge in [0.2, 0.25) is 11.8 Å². The fourth-order valence-electron chi connectivity index (χ4n) is 3.07. The maximum Gasteiger partial charge on any atom is 0.325 e. The maximum atomic E-state index is 12.1. The number of ketones is 2. The molecular weight excluding hydrogens is 364 g/mol. The number of hydrogen-bond donors (Lipinski definition) is 2. The van der Waals surface area contributed by atoms with E-state index in [-0.39, 0.29) is 55.2 Å². The van der Waals surface area contributed by atoms with Gasteiger partial charge in [-0.2, -0.15) is 0 Å². The summed E-state index contributed by atoms with van der Waals surface area (Å²) < 4.78 is 5.07. The number of rotatable bonds is 9. The molecule has 0 atom stereocenters. The molecule has 0 unspecified atom stereocenters. The molecule has 0 heterocycles. The lowest BCUT2D eigenvalue weighted by Crippen LogP contribution is -2.37. The summed E-state index contributed by atoms with van der Waals surface area (Å²) in [6, 6.07) is 0. The van der Waals surface area contributed by atoms with Crippen LogP contribution < -0.4 is 10.6 Å². The first kappa shape index (κ1) is 23.8. The summed E-state index contributed by atoms with van der Waals surface area (Å²) in [6.45, 7) is 6.40. The van der Waals surface area contributed by atoms with Gasteiger partial charge in [-0.15, -0.1) is 0 Å². The molecule has 0 radical (unpaired) electrons. The Hall–Kier alpha value is -2.25. The molecule has 28 heavy (non-hydrogen) atoms. The summed E-state index contributed by atoms with van der Waals surface area (Å²) in [5.41, 5.74) is -0.624. The van der Waals surface area contributed by atoms with Gasteiger partial charge in [0.1, 0.15) is 17.9 Å². The van der Waals surface area contributed by atoms with Gasteiger partial charge in [0.15, 0.2) is 5.78 Å². The van der Waals surface area contributed by atoms with E-state index in [4.69, 9.17) is 4.74 Å². The van der Waals surface area contributed by atoms with Crippen LogP contribution in [0, 0.1) is 11.8 Å². The third kappa shape index (κ3) is 9.62. The lowest BCUT2D eigenvalue weighted by Gasteiger charge is -2.26. The highest BCUT2D eigenvalue weighted by molar-refractivity contribution is 5.90. The molecule has 1 rings (SSSR count). The van der Waals surface area contributed by atoms with Gasteiger partial charge in [-0.05, 0) is 53.4 Å².